The van der Waals surface area contributed by atoms with Crippen LogP contribution in [0.4, 0.5) is 16.2 Å². The van der Waals surface area contributed by atoms with Crippen molar-refractivity contribution < 1.29 is 22.9 Å². The predicted octanol–water partition coefficient (Wildman–Crippen LogP) is 3.41. The first-order valence-corrected chi connectivity index (χ1v) is 10.4. The topological polar surface area (TPSA) is 128 Å². The molecule has 0 bridgehead atoms. The van der Waals surface area contributed by atoms with Gasteiger partial charge in [-0.2, -0.15) is 0 Å². The predicted molar refractivity (Wildman–Crippen MR) is 100 cm³/mol. The van der Waals surface area contributed by atoms with Crippen LogP contribution in [0.1, 0.15) is 45.4 Å². The second kappa shape index (κ2) is 9.14. The van der Waals surface area contributed by atoms with Crippen molar-refractivity contribution in [2.45, 2.75) is 56.4 Å². The number of ether oxygens (including phenoxy) is 1. The number of amides is 1. The zero-order valence-electron chi connectivity index (χ0n) is 15.4. The molecule has 9 nitrogen and oxygen atoms in total. The summed E-state index contributed by atoms with van der Waals surface area (Å²) in [7, 11) is -2.77. The van der Waals surface area contributed by atoms with Gasteiger partial charge in [0.25, 0.3) is 5.69 Å². The second-order valence-corrected chi connectivity index (χ2v) is 8.39. The number of nitro groups is 1. The van der Waals surface area contributed by atoms with E-state index in [1.54, 1.807) is 0 Å². The van der Waals surface area contributed by atoms with Gasteiger partial charge in [0, 0.05) is 12.1 Å². The summed E-state index contributed by atoms with van der Waals surface area (Å²) in [6.45, 7) is 2.14. The summed E-state index contributed by atoms with van der Waals surface area (Å²) in [5, 5.41) is 13.5. The maximum atomic E-state index is 12.6. The first-order chi connectivity index (χ1) is 12.8. The Bertz CT molecular complexity index is 788. The average molecular weight is 399 g/mol. The quantitative estimate of drug-likeness (QED) is 0.534. The van der Waals surface area contributed by atoms with E-state index in [2.05, 4.69) is 21.7 Å². The largest absolute Gasteiger partial charge is 0.453 e. The smallest absolute Gasteiger partial charge is 0.411 e. The highest BCUT2D eigenvalue weighted by Gasteiger charge is 2.27. The first kappa shape index (κ1) is 21.1. The molecule has 0 saturated heterocycles. The number of hydrogen-bond donors (Lipinski definition) is 2. The van der Waals surface area contributed by atoms with Crippen LogP contribution in [0.2, 0.25) is 0 Å². The zero-order chi connectivity index (χ0) is 20.0. The number of sulfonamides is 1. The molecule has 1 aliphatic rings. The third kappa shape index (κ3) is 5.64. The first-order valence-electron chi connectivity index (χ1n) is 8.92. The molecule has 0 spiro atoms. The van der Waals surface area contributed by atoms with Crippen LogP contribution >= 0.6 is 0 Å². The molecule has 0 heterocycles. The van der Waals surface area contributed by atoms with Gasteiger partial charge in [-0.25, -0.2) is 17.9 Å². The Balaban J connectivity index is 2.15. The Morgan fingerprint density at radius 3 is 2.52 bits per heavy atom. The lowest BCUT2D eigenvalue weighted by atomic mass is 9.84. The van der Waals surface area contributed by atoms with Crippen molar-refractivity contribution in [1.29, 1.82) is 0 Å². The molecule has 1 aromatic rings. The highest BCUT2D eigenvalue weighted by atomic mass is 32.2. The standard InChI is InChI=1S/C17H25N3O6S/c1-3-4-12-5-7-13(8-6-12)19-27(24,25)14-9-10-15(18-17(21)26-2)16(11-14)20(22)23/h9-13,19H,3-8H2,1-2H3,(H,18,21). The molecule has 0 atom stereocenters. The summed E-state index contributed by atoms with van der Waals surface area (Å²) in [6.07, 6.45) is 4.86. The maximum absolute atomic E-state index is 12.6. The van der Waals surface area contributed by atoms with E-state index in [9.17, 15) is 23.3 Å². The van der Waals surface area contributed by atoms with Crippen LogP contribution in [-0.2, 0) is 14.8 Å². The molecular weight excluding hydrogens is 374 g/mol. The maximum Gasteiger partial charge on any atom is 0.411 e. The van der Waals surface area contributed by atoms with Crippen LogP contribution < -0.4 is 10.0 Å². The highest BCUT2D eigenvalue weighted by molar-refractivity contribution is 7.89. The van der Waals surface area contributed by atoms with Crippen molar-refractivity contribution in [2.75, 3.05) is 12.4 Å². The number of nitro benzene ring substituents is 1. The summed E-state index contributed by atoms with van der Waals surface area (Å²) < 4.78 is 32.3. The summed E-state index contributed by atoms with van der Waals surface area (Å²) in [5.74, 6) is 0.639. The van der Waals surface area contributed by atoms with Gasteiger partial charge in [0.15, 0.2) is 0 Å². The number of nitrogens with zero attached hydrogens (tertiary/aromatic N) is 1. The minimum Gasteiger partial charge on any atom is -0.453 e. The molecule has 0 unspecified atom stereocenters. The van der Waals surface area contributed by atoms with Crippen LogP contribution in [0.25, 0.3) is 0 Å². The minimum atomic E-state index is -3.89. The normalized spacial score (nSPS) is 20.1. The molecule has 150 valence electrons. The number of rotatable bonds is 7. The molecule has 2 rings (SSSR count). The van der Waals surface area contributed by atoms with Gasteiger partial charge >= 0.3 is 6.09 Å². The van der Waals surface area contributed by atoms with Gasteiger partial charge in [0.05, 0.1) is 16.9 Å². The van der Waals surface area contributed by atoms with Crippen molar-refractivity contribution in [3.63, 3.8) is 0 Å². The molecule has 1 fully saturated rings. The van der Waals surface area contributed by atoms with E-state index in [0.717, 1.165) is 51.7 Å². The van der Waals surface area contributed by atoms with Crippen LogP contribution in [0, 0.1) is 16.0 Å². The fraction of sp³-hybridized carbons (Fsp3) is 0.588. The Hall–Kier alpha value is -2.20. The summed E-state index contributed by atoms with van der Waals surface area (Å²) in [4.78, 5) is 21.6. The van der Waals surface area contributed by atoms with E-state index in [0.29, 0.717) is 5.92 Å². The van der Waals surface area contributed by atoms with E-state index in [1.807, 2.05) is 0 Å². The molecule has 1 aromatic carbocycles. The van der Waals surface area contributed by atoms with Gasteiger partial charge < -0.3 is 4.74 Å². The van der Waals surface area contributed by atoms with Crippen molar-refractivity contribution >= 4 is 27.5 Å². The number of carbonyl (C=O) groups excluding carboxylic acids is 1. The molecule has 2 N–H and O–H groups in total. The highest BCUT2D eigenvalue weighted by Crippen LogP contribution is 2.30. The van der Waals surface area contributed by atoms with E-state index in [1.165, 1.54) is 12.1 Å². The summed E-state index contributed by atoms with van der Waals surface area (Å²) in [5.41, 5.74) is -0.652. The van der Waals surface area contributed by atoms with E-state index in [-0.39, 0.29) is 16.6 Å². The Kier molecular flexibility index (Phi) is 7.14. The third-order valence-corrected chi connectivity index (χ3v) is 6.28. The lowest BCUT2D eigenvalue weighted by Gasteiger charge is -2.28. The summed E-state index contributed by atoms with van der Waals surface area (Å²) >= 11 is 0. The molecule has 0 aliphatic heterocycles. The monoisotopic (exact) mass is 399 g/mol. The van der Waals surface area contributed by atoms with Gasteiger partial charge in [-0.05, 0) is 43.7 Å². The lowest BCUT2D eigenvalue weighted by molar-refractivity contribution is -0.384. The van der Waals surface area contributed by atoms with E-state index < -0.39 is 26.7 Å². The van der Waals surface area contributed by atoms with E-state index in [4.69, 9.17) is 0 Å². The van der Waals surface area contributed by atoms with Gasteiger partial charge in [-0.3, -0.25) is 15.4 Å². The van der Waals surface area contributed by atoms with Crippen molar-refractivity contribution in [3.05, 3.63) is 28.3 Å². The fourth-order valence-corrected chi connectivity index (χ4v) is 4.69. The minimum absolute atomic E-state index is 0.133. The number of carbonyl (C=O) groups is 1. The van der Waals surface area contributed by atoms with E-state index >= 15 is 0 Å². The van der Waals surface area contributed by atoms with Crippen molar-refractivity contribution in [2.24, 2.45) is 5.92 Å². The Labute approximate surface area is 158 Å². The molecule has 10 heteroatoms. The second-order valence-electron chi connectivity index (χ2n) is 6.68. The van der Waals surface area contributed by atoms with Crippen LogP contribution in [-0.4, -0.2) is 32.6 Å². The van der Waals surface area contributed by atoms with Gasteiger partial charge in [-0.1, -0.05) is 19.8 Å². The number of nitrogens with one attached hydrogen (secondary N) is 2. The molecule has 1 aliphatic carbocycles. The average Bonchev–Trinajstić information content (AvgIpc) is 2.63. The Morgan fingerprint density at radius 2 is 1.96 bits per heavy atom. The van der Waals surface area contributed by atoms with Gasteiger partial charge in [0.1, 0.15) is 5.69 Å². The molecule has 0 radical (unpaired) electrons. The third-order valence-electron chi connectivity index (χ3n) is 4.76. The van der Waals surface area contributed by atoms with Gasteiger partial charge in [0.2, 0.25) is 10.0 Å². The fourth-order valence-electron chi connectivity index (χ4n) is 3.36. The number of anilines is 1. The van der Waals surface area contributed by atoms with Crippen molar-refractivity contribution in [1.82, 2.24) is 4.72 Å². The van der Waals surface area contributed by atoms with Crippen molar-refractivity contribution in [3.8, 4) is 0 Å². The molecule has 0 aromatic heterocycles. The lowest BCUT2D eigenvalue weighted by Crippen LogP contribution is -2.37. The molecule has 1 saturated carbocycles. The van der Waals surface area contributed by atoms with Crippen LogP contribution in [0.15, 0.2) is 23.1 Å². The summed E-state index contributed by atoms with van der Waals surface area (Å²) in [6, 6.07) is 3.18. The van der Waals surface area contributed by atoms with Gasteiger partial charge in [-0.15, -0.1) is 0 Å². The zero-order valence-corrected chi connectivity index (χ0v) is 16.3. The van der Waals surface area contributed by atoms with Crippen LogP contribution in [0.3, 0.4) is 0 Å². The molecule has 1 amide bonds. The molecular formula is C17H25N3O6S. The number of benzene rings is 1. The Morgan fingerprint density at radius 1 is 1.30 bits per heavy atom. The SMILES string of the molecule is CCCC1CCC(NS(=O)(=O)c2ccc(NC(=O)OC)c([N+](=O)[O-])c2)CC1. The van der Waals surface area contributed by atoms with Crippen LogP contribution in [0.5, 0.6) is 0 Å². The number of methoxy groups -OCH3 is 1. The molecule has 27 heavy (non-hydrogen) atoms. The number of hydrogen-bond acceptors (Lipinski definition) is 6.